The topological polar surface area (TPSA) is 52.6 Å². The van der Waals surface area contributed by atoms with E-state index in [-0.39, 0.29) is 24.3 Å². The van der Waals surface area contributed by atoms with Crippen molar-refractivity contribution in [1.29, 1.82) is 0 Å². The van der Waals surface area contributed by atoms with Gasteiger partial charge in [-0.3, -0.25) is 0 Å². The number of fused-ring (bicyclic) bond motifs is 4. The maximum absolute atomic E-state index is 12.6. The molecule has 0 N–H and O–H groups in total. The molecule has 32 heavy (non-hydrogen) atoms. The lowest BCUT2D eigenvalue weighted by Gasteiger charge is -2.12. The van der Waals surface area contributed by atoms with Crippen LogP contribution in [0.25, 0.3) is 43.1 Å². The average Bonchev–Trinajstić information content (AvgIpc) is 2.79. The van der Waals surface area contributed by atoms with Crippen molar-refractivity contribution in [2.45, 2.75) is 13.8 Å². The third kappa shape index (κ3) is 3.44. The van der Waals surface area contributed by atoms with Crippen LogP contribution in [-0.4, -0.2) is 25.2 Å². The summed E-state index contributed by atoms with van der Waals surface area (Å²) in [6.45, 7) is 3.95. The third-order valence-electron chi connectivity index (χ3n) is 5.74. The van der Waals surface area contributed by atoms with Gasteiger partial charge in [0.05, 0.1) is 24.3 Å². The maximum Gasteiger partial charge on any atom is 0.339 e. The molecule has 5 aromatic rings. The van der Waals surface area contributed by atoms with Crippen LogP contribution in [0.3, 0.4) is 0 Å². The van der Waals surface area contributed by atoms with Gasteiger partial charge in [-0.05, 0) is 105 Å². The summed E-state index contributed by atoms with van der Waals surface area (Å²) < 4.78 is 10.4. The second kappa shape index (κ2) is 7.97. The monoisotopic (exact) mass is 422 g/mol. The lowest BCUT2D eigenvalue weighted by Crippen LogP contribution is -2.14. The second-order valence-electron chi connectivity index (χ2n) is 7.78. The summed E-state index contributed by atoms with van der Waals surface area (Å²) in [6.07, 6.45) is 0. The van der Waals surface area contributed by atoms with Crippen molar-refractivity contribution < 1.29 is 19.1 Å². The number of ether oxygens (including phenoxy) is 2. The van der Waals surface area contributed by atoms with Gasteiger partial charge in [-0.15, -0.1) is 0 Å². The summed E-state index contributed by atoms with van der Waals surface area (Å²) in [7, 11) is 0. The van der Waals surface area contributed by atoms with Crippen LogP contribution in [0.4, 0.5) is 0 Å². The Bertz CT molecular complexity index is 1420. The van der Waals surface area contributed by atoms with Gasteiger partial charge < -0.3 is 9.47 Å². The first-order valence-electron chi connectivity index (χ1n) is 10.8. The SMILES string of the molecule is CCOC(=O)c1cc2cc3cc4cc5ccccc5cc4cc3cc2cc1C(=O)OCC. The first-order valence-corrected chi connectivity index (χ1v) is 10.8. The zero-order valence-corrected chi connectivity index (χ0v) is 18.0. The lowest BCUT2D eigenvalue weighted by atomic mass is 9.95. The predicted molar refractivity (Wildman–Crippen MR) is 128 cm³/mol. The maximum atomic E-state index is 12.6. The number of rotatable bonds is 4. The first kappa shape index (κ1) is 20.0. The normalized spacial score (nSPS) is 11.3. The van der Waals surface area contributed by atoms with Crippen LogP contribution < -0.4 is 0 Å². The molecular formula is C28H22O4. The van der Waals surface area contributed by atoms with Crippen LogP contribution in [-0.2, 0) is 9.47 Å². The second-order valence-corrected chi connectivity index (χ2v) is 7.78. The fourth-order valence-corrected chi connectivity index (χ4v) is 4.25. The third-order valence-corrected chi connectivity index (χ3v) is 5.74. The molecule has 0 spiro atoms. The fraction of sp³-hybridized carbons (Fsp3) is 0.143. The molecule has 0 saturated heterocycles. The Hall–Kier alpha value is -3.92. The van der Waals surface area contributed by atoms with Gasteiger partial charge in [0.1, 0.15) is 0 Å². The molecule has 0 aliphatic rings. The molecule has 0 amide bonds. The molecule has 0 bridgehead atoms. The Balaban J connectivity index is 1.75. The quantitative estimate of drug-likeness (QED) is 0.240. The van der Waals surface area contributed by atoms with E-state index in [4.69, 9.17) is 9.47 Å². The van der Waals surface area contributed by atoms with Gasteiger partial charge in [0.15, 0.2) is 0 Å². The van der Waals surface area contributed by atoms with Crippen molar-refractivity contribution in [1.82, 2.24) is 0 Å². The van der Waals surface area contributed by atoms with Crippen LogP contribution in [0.15, 0.2) is 72.8 Å². The van der Waals surface area contributed by atoms with Gasteiger partial charge in [-0.1, -0.05) is 24.3 Å². The molecule has 0 saturated carbocycles. The highest BCUT2D eigenvalue weighted by molar-refractivity contribution is 6.12. The molecule has 158 valence electrons. The van der Waals surface area contributed by atoms with Crippen molar-refractivity contribution in [3.05, 3.63) is 83.9 Å². The Kier molecular flexibility index (Phi) is 4.98. The van der Waals surface area contributed by atoms with Crippen molar-refractivity contribution >= 4 is 55.0 Å². The van der Waals surface area contributed by atoms with E-state index in [2.05, 4.69) is 48.5 Å². The highest BCUT2D eigenvalue weighted by Crippen LogP contribution is 2.31. The van der Waals surface area contributed by atoms with E-state index >= 15 is 0 Å². The van der Waals surface area contributed by atoms with Gasteiger partial charge in [0, 0.05) is 0 Å². The Morgan fingerprint density at radius 1 is 0.531 bits per heavy atom. The first-order chi connectivity index (χ1) is 15.6. The van der Waals surface area contributed by atoms with Gasteiger partial charge in [0.2, 0.25) is 0 Å². The summed E-state index contributed by atoms with van der Waals surface area (Å²) in [4.78, 5) is 25.1. The number of hydrogen-bond donors (Lipinski definition) is 0. The van der Waals surface area contributed by atoms with Crippen LogP contribution in [0.1, 0.15) is 34.6 Å². The summed E-state index contributed by atoms with van der Waals surface area (Å²) in [6, 6.07) is 24.6. The molecule has 4 nitrogen and oxygen atoms in total. The van der Waals surface area contributed by atoms with Crippen LogP contribution in [0, 0.1) is 0 Å². The molecule has 0 radical (unpaired) electrons. The number of hydrogen-bond acceptors (Lipinski definition) is 4. The Morgan fingerprint density at radius 3 is 1.19 bits per heavy atom. The molecule has 0 aliphatic heterocycles. The Labute approximate surface area is 185 Å². The minimum Gasteiger partial charge on any atom is -0.462 e. The lowest BCUT2D eigenvalue weighted by molar-refractivity contribution is 0.0479. The van der Waals surface area contributed by atoms with Gasteiger partial charge in [-0.2, -0.15) is 0 Å². The molecular weight excluding hydrogens is 400 g/mol. The van der Waals surface area contributed by atoms with Crippen molar-refractivity contribution in [3.63, 3.8) is 0 Å². The Morgan fingerprint density at radius 2 is 0.844 bits per heavy atom. The zero-order chi connectivity index (χ0) is 22.2. The highest BCUT2D eigenvalue weighted by atomic mass is 16.5. The van der Waals surface area contributed by atoms with E-state index in [1.807, 2.05) is 12.1 Å². The molecule has 0 heterocycles. The number of esters is 2. The molecule has 5 rings (SSSR count). The molecule has 0 aliphatic carbocycles. The molecule has 0 unspecified atom stereocenters. The zero-order valence-electron chi connectivity index (χ0n) is 18.0. The summed E-state index contributed by atoms with van der Waals surface area (Å²) in [5, 5.41) is 8.58. The van der Waals surface area contributed by atoms with Crippen molar-refractivity contribution in [3.8, 4) is 0 Å². The number of carbonyl (C=O) groups excluding carboxylic acids is 2. The number of benzene rings is 5. The van der Waals surface area contributed by atoms with E-state index in [0.29, 0.717) is 0 Å². The predicted octanol–water partition coefficient (Wildman–Crippen LogP) is 6.65. The highest BCUT2D eigenvalue weighted by Gasteiger charge is 2.20. The molecule has 0 atom stereocenters. The van der Waals surface area contributed by atoms with Gasteiger partial charge in [-0.25, -0.2) is 9.59 Å². The smallest absolute Gasteiger partial charge is 0.339 e. The minimum absolute atomic E-state index is 0.226. The van der Waals surface area contributed by atoms with Crippen LogP contribution in [0.2, 0.25) is 0 Å². The van der Waals surface area contributed by atoms with Crippen LogP contribution in [0.5, 0.6) is 0 Å². The minimum atomic E-state index is -0.525. The van der Waals surface area contributed by atoms with Gasteiger partial charge in [0.25, 0.3) is 0 Å². The molecule has 5 aromatic carbocycles. The molecule has 4 heteroatoms. The largest absolute Gasteiger partial charge is 0.462 e. The summed E-state index contributed by atoms with van der Waals surface area (Å²) in [5.74, 6) is -1.05. The van der Waals surface area contributed by atoms with E-state index in [1.54, 1.807) is 26.0 Å². The average molecular weight is 422 g/mol. The summed E-state index contributed by atoms with van der Waals surface area (Å²) in [5.41, 5.74) is 0.452. The van der Waals surface area contributed by atoms with E-state index in [0.717, 1.165) is 32.3 Å². The van der Waals surface area contributed by atoms with E-state index in [1.165, 1.54) is 10.8 Å². The standard InChI is InChI=1S/C28H22O4/c1-3-31-27(29)25-15-23-13-21-11-19-9-17-7-5-6-8-18(17)10-20(19)12-22(21)14-24(23)16-26(25)28(30)32-4-2/h5-16H,3-4H2,1-2H3. The number of carbonyl (C=O) groups is 2. The van der Waals surface area contributed by atoms with Crippen molar-refractivity contribution in [2.24, 2.45) is 0 Å². The van der Waals surface area contributed by atoms with Gasteiger partial charge >= 0.3 is 11.9 Å². The van der Waals surface area contributed by atoms with E-state index in [9.17, 15) is 9.59 Å². The molecule has 0 aromatic heterocycles. The van der Waals surface area contributed by atoms with Crippen LogP contribution >= 0.6 is 0 Å². The fourth-order valence-electron chi connectivity index (χ4n) is 4.25. The van der Waals surface area contributed by atoms with E-state index < -0.39 is 11.9 Å². The van der Waals surface area contributed by atoms with Crippen molar-refractivity contribution in [2.75, 3.05) is 13.2 Å². The molecule has 0 fully saturated rings. The summed E-state index contributed by atoms with van der Waals surface area (Å²) >= 11 is 0.